The molecule has 2 aromatic carbocycles. The van der Waals surface area contributed by atoms with Crippen LogP contribution in [0.15, 0.2) is 48.5 Å². The number of carbonyl (C=O) groups is 1. The second-order valence-corrected chi connectivity index (χ2v) is 6.61. The Morgan fingerprint density at radius 1 is 1.20 bits per heavy atom. The van der Waals surface area contributed by atoms with Gasteiger partial charge in [0.15, 0.2) is 0 Å². The number of hydrogen-bond donors (Lipinski definition) is 0. The first kappa shape index (κ1) is 17.5. The van der Waals surface area contributed by atoms with Gasteiger partial charge in [0.05, 0.1) is 13.5 Å². The highest BCUT2D eigenvalue weighted by atomic mass is 19.1. The number of halogens is 1. The molecule has 3 rings (SSSR count). The second kappa shape index (κ2) is 8.15. The number of likely N-dealkylation sites (tertiary alicyclic amines) is 1. The van der Waals surface area contributed by atoms with Crippen molar-refractivity contribution in [2.24, 2.45) is 0 Å². The fourth-order valence-corrected chi connectivity index (χ4v) is 3.44. The van der Waals surface area contributed by atoms with Gasteiger partial charge in [-0.25, -0.2) is 4.39 Å². The van der Waals surface area contributed by atoms with E-state index in [9.17, 15) is 9.18 Å². The van der Waals surface area contributed by atoms with Crippen LogP contribution in [0.2, 0.25) is 0 Å². The van der Waals surface area contributed by atoms with E-state index in [4.69, 9.17) is 4.74 Å². The highest BCUT2D eigenvalue weighted by Gasteiger charge is 2.23. The maximum Gasteiger partial charge on any atom is 0.227 e. The van der Waals surface area contributed by atoms with Crippen molar-refractivity contribution >= 4 is 5.91 Å². The molecular weight excluding hydrogens is 317 g/mol. The Morgan fingerprint density at radius 3 is 2.76 bits per heavy atom. The summed E-state index contributed by atoms with van der Waals surface area (Å²) in [7, 11) is 1.63. The fourth-order valence-electron chi connectivity index (χ4n) is 3.44. The molecule has 132 valence electrons. The van der Waals surface area contributed by atoms with Gasteiger partial charge in [0, 0.05) is 19.0 Å². The molecule has 0 aliphatic carbocycles. The summed E-state index contributed by atoms with van der Waals surface area (Å²) < 4.78 is 18.4. The number of hydrogen-bond acceptors (Lipinski definition) is 2. The van der Waals surface area contributed by atoms with E-state index >= 15 is 0 Å². The maximum absolute atomic E-state index is 13.2. The van der Waals surface area contributed by atoms with Crippen molar-refractivity contribution in [2.45, 2.75) is 31.6 Å². The topological polar surface area (TPSA) is 29.5 Å². The monoisotopic (exact) mass is 341 g/mol. The number of methoxy groups -OCH3 is 1. The predicted octanol–water partition coefficient (Wildman–Crippen LogP) is 4.17. The Hall–Kier alpha value is -2.36. The van der Waals surface area contributed by atoms with Gasteiger partial charge < -0.3 is 9.64 Å². The number of nitrogens with zero attached hydrogens (tertiary/aromatic N) is 1. The molecule has 1 aliphatic rings. The van der Waals surface area contributed by atoms with Gasteiger partial charge in [-0.1, -0.05) is 30.7 Å². The van der Waals surface area contributed by atoms with Crippen LogP contribution in [0.5, 0.6) is 5.75 Å². The Labute approximate surface area is 148 Å². The third-order valence-electron chi connectivity index (χ3n) is 4.86. The molecule has 0 spiro atoms. The fraction of sp³-hybridized carbons (Fsp3) is 0.381. The van der Waals surface area contributed by atoms with E-state index in [1.165, 1.54) is 12.1 Å². The SMILES string of the molecule is COc1cccc(CC(=O)N2CCCCC(c3ccc(F)cc3)C2)c1. The minimum absolute atomic E-state index is 0.141. The van der Waals surface area contributed by atoms with Gasteiger partial charge in [-0.3, -0.25) is 4.79 Å². The highest BCUT2D eigenvalue weighted by Crippen LogP contribution is 2.27. The van der Waals surface area contributed by atoms with Crippen LogP contribution in [0.25, 0.3) is 0 Å². The zero-order chi connectivity index (χ0) is 17.6. The predicted molar refractivity (Wildman–Crippen MR) is 96.3 cm³/mol. The lowest BCUT2D eigenvalue weighted by molar-refractivity contribution is -0.130. The van der Waals surface area contributed by atoms with E-state index in [1.54, 1.807) is 7.11 Å². The Bertz CT molecular complexity index is 714. The summed E-state index contributed by atoms with van der Waals surface area (Å²) in [5.41, 5.74) is 2.08. The lowest BCUT2D eigenvalue weighted by atomic mass is 9.94. The van der Waals surface area contributed by atoms with Crippen molar-refractivity contribution in [3.63, 3.8) is 0 Å². The summed E-state index contributed by atoms with van der Waals surface area (Å²) in [6, 6.07) is 14.3. The summed E-state index contributed by atoms with van der Waals surface area (Å²) in [4.78, 5) is 14.7. The van der Waals surface area contributed by atoms with E-state index < -0.39 is 0 Å². The molecule has 3 nitrogen and oxygen atoms in total. The molecule has 0 bridgehead atoms. The molecule has 1 unspecified atom stereocenters. The molecule has 25 heavy (non-hydrogen) atoms. The number of rotatable bonds is 4. The molecular formula is C21H24FNO2. The van der Waals surface area contributed by atoms with E-state index in [0.29, 0.717) is 13.0 Å². The molecule has 1 heterocycles. The molecule has 2 aromatic rings. The zero-order valence-electron chi connectivity index (χ0n) is 14.6. The molecule has 0 saturated carbocycles. The smallest absolute Gasteiger partial charge is 0.227 e. The third-order valence-corrected chi connectivity index (χ3v) is 4.86. The van der Waals surface area contributed by atoms with E-state index in [2.05, 4.69) is 0 Å². The average molecular weight is 341 g/mol. The van der Waals surface area contributed by atoms with Crippen LogP contribution in [0, 0.1) is 5.82 Å². The highest BCUT2D eigenvalue weighted by molar-refractivity contribution is 5.79. The van der Waals surface area contributed by atoms with Gasteiger partial charge in [0.25, 0.3) is 0 Å². The van der Waals surface area contributed by atoms with E-state index in [1.807, 2.05) is 41.3 Å². The van der Waals surface area contributed by atoms with Crippen molar-refractivity contribution < 1.29 is 13.9 Å². The number of ether oxygens (including phenoxy) is 1. The molecule has 1 saturated heterocycles. The number of benzene rings is 2. The summed E-state index contributed by atoms with van der Waals surface area (Å²) in [6.45, 7) is 1.49. The van der Waals surface area contributed by atoms with Crippen LogP contribution in [0.4, 0.5) is 4.39 Å². The quantitative estimate of drug-likeness (QED) is 0.835. The molecule has 1 aliphatic heterocycles. The molecule has 1 amide bonds. The Morgan fingerprint density at radius 2 is 2.00 bits per heavy atom. The lowest BCUT2D eigenvalue weighted by Crippen LogP contribution is -2.35. The third kappa shape index (κ3) is 4.59. The molecule has 4 heteroatoms. The van der Waals surface area contributed by atoms with Crippen molar-refractivity contribution in [3.05, 3.63) is 65.5 Å². The van der Waals surface area contributed by atoms with Crippen LogP contribution < -0.4 is 4.74 Å². The van der Waals surface area contributed by atoms with Crippen LogP contribution in [0.3, 0.4) is 0 Å². The average Bonchev–Trinajstić information content (AvgIpc) is 2.89. The van der Waals surface area contributed by atoms with Crippen LogP contribution in [0.1, 0.15) is 36.3 Å². The first-order valence-electron chi connectivity index (χ1n) is 8.82. The molecule has 0 N–H and O–H groups in total. The second-order valence-electron chi connectivity index (χ2n) is 6.61. The summed E-state index contributed by atoms with van der Waals surface area (Å²) in [5, 5.41) is 0. The summed E-state index contributed by atoms with van der Waals surface area (Å²) in [5.74, 6) is 0.966. The van der Waals surface area contributed by atoms with Crippen molar-refractivity contribution in [1.82, 2.24) is 4.90 Å². The Balaban J connectivity index is 1.69. The Kier molecular flexibility index (Phi) is 5.69. The number of carbonyl (C=O) groups excluding carboxylic acids is 1. The van der Waals surface area contributed by atoms with Crippen LogP contribution in [-0.2, 0) is 11.2 Å². The van der Waals surface area contributed by atoms with Gasteiger partial charge in [0.2, 0.25) is 5.91 Å². The lowest BCUT2D eigenvalue weighted by Gasteiger charge is -2.25. The molecule has 0 radical (unpaired) electrons. The van der Waals surface area contributed by atoms with Crippen molar-refractivity contribution in [1.29, 1.82) is 0 Å². The van der Waals surface area contributed by atoms with Gasteiger partial charge in [-0.15, -0.1) is 0 Å². The first-order valence-corrected chi connectivity index (χ1v) is 8.82. The standard InChI is InChI=1S/C21H24FNO2/c1-25-20-7-4-5-16(13-20)14-21(24)23-12-3-2-6-18(15-23)17-8-10-19(22)11-9-17/h4-5,7-11,13,18H,2-3,6,12,14-15H2,1H3. The number of amides is 1. The molecule has 0 aromatic heterocycles. The maximum atomic E-state index is 13.2. The minimum atomic E-state index is -0.219. The largest absolute Gasteiger partial charge is 0.497 e. The summed E-state index contributed by atoms with van der Waals surface area (Å²) >= 11 is 0. The zero-order valence-corrected chi connectivity index (χ0v) is 14.6. The first-order chi connectivity index (χ1) is 12.2. The molecule has 1 atom stereocenters. The van der Waals surface area contributed by atoms with Gasteiger partial charge in [-0.05, 0) is 48.2 Å². The minimum Gasteiger partial charge on any atom is -0.497 e. The van der Waals surface area contributed by atoms with E-state index in [0.717, 1.165) is 42.7 Å². The van der Waals surface area contributed by atoms with Crippen LogP contribution in [-0.4, -0.2) is 31.0 Å². The normalized spacial score (nSPS) is 17.8. The molecule has 1 fully saturated rings. The van der Waals surface area contributed by atoms with Gasteiger partial charge >= 0.3 is 0 Å². The van der Waals surface area contributed by atoms with Gasteiger partial charge in [-0.2, -0.15) is 0 Å². The van der Waals surface area contributed by atoms with Gasteiger partial charge in [0.1, 0.15) is 11.6 Å². The van der Waals surface area contributed by atoms with Crippen molar-refractivity contribution in [2.75, 3.05) is 20.2 Å². The van der Waals surface area contributed by atoms with Crippen molar-refractivity contribution in [3.8, 4) is 5.75 Å². The van der Waals surface area contributed by atoms with Crippen LogP contribution >= 0.6 is 0 Å². The van der Waals surface area contributed by atoms with E-state index in [-0.39, 0.29) is 17.6 Å². The summed E-state index contributed by atoms with van der Waals surface area (Å²) in [6.07, 6.45) is 3.52.